The molecule has 0 amide bonds. The second-order valence-corrected chi connectivity index (χ2v) is 8.79. The largest absolute Gasteiger partial charge is 0.497 e. The van der Waals surface area contributed by atoms with Crippen molar-refractivity contribution < 1.29 is 18.7 Å². The van der Waals surface area contributed by atoms with Gasteiger partial charge in [0.1, 0.15) is 17.3 Å². The van der Waals surface area contributed by atoms with E-state index < -0.39 is 0 Å². The number of Topliss-reactive ketones (excluding diaryl/α,β-unsaturated/α-hetero) is 1. The Bertz CT molecular complexity index is 1050. The molecule has 3 rings (SSSR count). The highest BCUT2D eigenvalue weighted by Gasteiger charge is 2.19. The van der Waals surface area contributed by atoms with Crippen LogP contribution in [0.5, 0.6) is 5.75 Å². The number of nitrogens with one attached hydrogen (secondary N) is 1. The SMILES string of the molecule is CCc1cc(C(=O)Pc2sc(Nc3ccc(OC)cc3)nc2C(C)=O)ccc1F. The minimum Gasteiger partial charge on any atom is -0.497 e. The molecule has 0 saturated heterocycles. The van der Waals surface area contributed by atoms with Crippen LogP contribution in [-0.4, -0.2) is 23.4 Å². The molecule has 0 bridgehead atoms. The first kappa shape index (κ1) is 21.1. The van der Waals surface area contributed by atoms with E-state index in [1.807, 2.05) is 31.2 Å². The van der Waals surface area contributed by atoms with Gasteiger partial charge in [-0.1, -0.05) is 18.3 Å². The maximum Gasteiger partial charge on any atom is 0.188 e. The molecule has 1 aromatic heterocycles. The van der Waals surface area contributed by atoms with Crippen molar-refractivity contribution in [2.75, 3.05) is 12.4 Å². The molecule has 1 unspecified atom stereocenters. The van der Waals surface area contributed by atoms with Gasteiger partial charge in [0.25, 0.3) is 0 Å². The molecule has 0 fully saturated rings. The van der Waals surface area contributed by atoms with Gasteiger partial charge in [0.05, 0.1) is 11.7 Å². The molecule has 0 aliphatic carbocycles. The molecule has 0 aliphatic heterocycles. The molecule has 2 aromatic carbocycles. The van der Waals surface area contributed by atoms with E-state index in [0.29, 0.717) is 27.3 Å². The number of ketones is 1. The van der Waals surface area contributed by atoms with Gasteiger partial charge in [0, 0.05) is 18.2 Å². The van der Waals surface area contributed by atoms with E-state index in [1.165, 1.54) is 30.4 Å². The van der Waals surface area contributed by atoms with Crippen molar-refractivity contribution in [3.63, 3.8) is 0 Å². The monoisotopic (exact) mass is 430 g/mol. The molecule has 1 heterocycles. The summed E-state index contributed by atoms with van der Waals surface area (Å²) in [5.41, 5.74) is 1.87. The predicted molar refractivity (Wildman–Crippen MR) is 116 cm³/mol. The lowest BCUT2D eigenvalue weighted by Gasteiger charge is -2.04. The van der Waals surface area contributed by atoms with Crippen LogP contribution in [0.3, 0.4) is 0 Å². The number of carbonyl (C=O) groups is 2. The van der Waals surface area contributed by atoms with Crippen molar-refractivity contribution in [1.29, 1.82) is 0 Å². The van der Waals surface area contributed by atoms with E-state index in [-0.39, 0.29) is 31.4 Å². The number of nitrogens with zero attached hydrogens (tertiary/aromatic N) is 1. The van der Waals surface area contributed by atoms with Crippen LogP contribution in [0.4, 0.5) is 15.2 Å². The van der Waals surface area contributed by atoms with E-state index in [1.54, 1.807) is 13.2 Å². The Kier molecular flexibility index (Phi) is 6.72. The lowest BCUT2D eigenvalue weighted by Crippen LogP contribution is -2.08. The Morgan fingerprint density at radius 1 is 1.21 bits per heavy atom. The second-order valence-electron chi connectivity index (χ2n) is 6.22. The summed E-state index contributed by atoms with van der Waals surface area (Å²) in [6.45, 7) is 3.26. The minimum absolute atomic E-state index is 0.151. The highest BCUT2D eigenvalue weighted by molar-refractivity contribution is 7.72. The van der Waals surface area contributed by atoms with Crippen LogP contribution >= 0.6 is 19.9 Å². The summed E-state index contributed by atoms with van der Waals surface area (Å²) in [5, 5.41) is 3.68. The average Bonchev–Trinajstić information content (AvgIpc) is 3.11. The molecule has 150 valence electrons. The van der Waals surface area contributed by atoms with Gasteiger partial charge in [0.15, 0.2) is 16.4 Å². The third-order valence-corrected chi connectivity index (χ3v) is 6.59. The van der Waals surface area contributed by atoms with Crippen LogP contribution in [0, 0.1) is 5.82 Å². The number of anilines is 2. The number of rotatable bonds is 8. The van der Waals surface area contributed by atoms with Crippen molar-refractivity contribution in [3.05, 3.63) is 65.1 Å². The third kappa shape index (κ3) is 5.05. The number of aryl methyl sites for hydroxylation is 1. The summed E-state index contributed by atoms with van der Waals surface area (Å²) in [6, 6.07) is 11.7. The fraction of sp³-hybridized carbons (Fsp3) is 0.190. The predicted octanol–water partition coefficient (Wildman–Crippen LogP) is 4.94. The number of hydrogen-bond donors (Lipinski definition) is 1. The van der Waals surface area contributed by atoms with E-state index >= 15 is 0 Å². The Hall–Kier alpha value is -2.63. The van der Waals surface area contributed by atoms with Gasteiger partial charge in [-0.25, -0.2) is 9.37 Å². The van der Waals surface area contributed by atoms with Gasteiger partial charge in [-0.2, -0.15) is 0 Å². The van der Waals surface area contributed by atoms with Crippen molar-refractivity contribution in [1.82, 2.24) is 4.98 Å². The molecular weight excluding hydrogens is 410 g/mol. The third-order valence-electron chi connectivity index (χ3n) is 4.22. The molecule has 29 heavy (non-hydrogen) atoms. The number of ether oxygens (including phenoxy) is 1. The number of aromatic nitrogens is 1. The molecule has 5 nitrogen and oxygen atoms in total. The molecular formula is C21H20FN2O3PS. The van der Waals surface area contributed by atoms with Gasteiger partial charge < -0.3 is 10.1 Å². The first-order chi connectivity index (χ1) is 13.9. The van der Waals surface area contributed by atoms with Crippen molar-refractivity contribution in [2.24, 2.45) is 0 Å². The number of methoxy groups -OCH3 is 1. The van der Waals surface area contributed by atoms with Crippen LogP contribution in [0.25, 0.3) is 0 Å². The fourth-order valence-corrected chi connectivity index (χ4v) is 5.07. The summed E-state index contributed by atoms with van der Waals surface area (Å²) in [4.78, 5) is 29.1. The molecule has 1 atom stereocenters. The van der Waals surface area contributed by atoms with Gasteiger partial charge in [-0.15, -0.1) is 0 Å². The average molecular weight is 430 g/mol. The van der Waals surface area contributed by atoms with Crippen LogP contribution < -0.4 is 14.7 Å². The Morgan fingerprint density at radius 3 is 2.55 bits per heavy atom. The first-order valence-corrected chi connectivity index (χ1v) is 10.8. The Morgan fingerprint density at radius 2 is 1.93 bits per heavy atom. The van der Waals surface area contributed by atoms with Crippen LogP contribution in [-0.2, 0) is 6.42 Å². The lowest BCUT2D eigenvalue weighted by molar-refractivity contribution is 0.101. The topological polar surface area (TPSA) is 68.3 Å². The number of thiazole rings is 1. The quantitative estimate of drug-likeness (QED) is 0.405. The van der Waals surface area contributed by atoms with Crippen LogP contribution in [0.15, 0.2) is 42.5 Å². The zero-order valence-electron chi connectivity index (χ0n) is 16.2. The first-order valence-electron chi connectivity index (χ1n) is 8.94. The van der Waals surface area contributed by atoms with E-state index in [2.05, 4.69) is 10.3 Å². The van der Waals surface area contributed by atoms with Gasteiger partial charge in [-0.3, -0.25) is 9.59 Å². The zero-order chi connectivity index (χ0) is 21.0. The van der Waals surface area contributed by atoms with E-state index in [4.69, 9.17) is 4.74 Å². The minimum atomic E-state index is -0.319. The Balaban J connectivity index is 1.82. The van der Waals surface area contributed by atoms with E-state index in [9.17, 15) is 14.0 Å². The number of benzene rings is 2. The van der Waals surface area contributed by atoms with E-state index in [0.717, 1.165) is 11.4 Å². The highest BCUT2D eigenvalue weighted by atomic mass is 32.1. The van der Waals surface area contributed by atoms with Crippen LogP contribution in [0.1, 0.15) is 40.3 Å². The maximum absolute atomic E-state index is 13.7. The van der Waals surface area contributed by atoms with Crippen molar-refractivity contribution in [2.45, 2.75) is 20.3 Å². The molecule has 0 spiro atoms. The maximum atomic E-state index is 13.7. The van der Waals surface area contributed by atoms with Gasteiger partial charge >= 0.3 is 0 Å². The summed E-state index contributed by atoms with van der Waals surface area (Å²) < 4.78 is 19.5. The number of hydrogen-bond acceptors (Lipinski definition) is 6. The molecule has 0 aliphatic rings. The second kappa shape index (κ2) is 9.25. The summed E-state index contributed by atoms with van der Waals surface area (Å²) in [7, 11) is 1.33. The summed E-state index contributed by atoms with van der Waals surface area (Å²) >= 11 is 1.27. The molecule has 1 N–H and O–H groups in total. The standard InChI is InChI=1S/C21H20FN2O3PS/c1-4-13-11-14(5-10-17(13)22)19(26)28-20-18(12(2)25)24-21(29-20)23-15-6-8-16(27-3)9-7-15/h5-11,28H,4H2,1-3H3,(H,23,24). The van der Waals surface area contributed by atoms with Crippen LogP contribution in [0.2, 0.25) is 0 Å². The van der Waals surface area contributed by atoms with Crippen molar-refractivity contribution >= 4 is 46.7 Å². The highest BCUT2D eigenvalue weighted by Crippen LogP contribution is 2.29. The number of halogens is 1. The summed E-state index contributed by atoms with van der Waals surface area (Å²) in [5.74, 6) is 0.214. The normalized spacial score (nSPS) is 11.0. The molecule has 8 heteroatoms. The molecule has 3 aromatic rings. The number of carbonyl (C=O) groups excluding carboxylic acids is 2. The fourth-order valence-electron chi connectivity index (χ4n) is 2.66. The van der Waals surface area contributed by atoms with Crippen molar-refractivity contribution in [3.8, 4) is 5.75 Å². The van der Waals surface area contributed by atoms with Gasteiger partial charge in [-0.05, 0) is 63.0 Å². The van der Waals surface area contributed by atoms with Gasteiger partial charge in [0.2, 0.25) is 0 Å². The Labute approximate surface area is 174 Å². The smallest absolute Gasteiger partial charge is 0.188 e. The molecule has 0 radical (unpaired) electrons. The summed E-state index contributed by atoms with van der Waals surface area (Å²) in [6.07, 6.45) is 0.505. The zero-order valence-corrected chi connectivity index (χ0v) is 18.0. The lowest BCUT2D eigenvalue weighted by atomic mass is 10.1. The molecule has 0 saturated carbocycles.